The smallest absolute Gasteiger partial charge is 0.302 e. The molecule has 0 aromatic heterocycles. The Balaban J connectivity index is 1.71. The minimum absolute atomic E-state index is 0.0366. The van der Waals surface area contributed by atoms with Crippen molar-refractivity contribution < 1.29 is 30.0 Å². The molecular formula is C32H54O6. The number of hydrogen-bond donors (Lipinski definition) is 4. The molecule has 6 nitrogen and oxygen atoms in total. The molecule has 0 bridgehead atoms. The average Bonchev–Trinajstić information content (AvgIpc) is 3.07. The van der Waals surface area contributed by atoms with Gasteiger partial charge in [0.15, 0.2) is 0 Å². The van der Waals surface area contributed by atoms with Gasteiger partial charge in [0, 0.05) is 12.8 Å². The Hall–Kier alpha value is -0.950. The number of aliphatic hydroxyl groups is 4. The molecule has 0 aliphatic heterocycles. The lowest BCUT2D eigenvalue weighted by atomic mass is 9.40. The molecule has 4 rings (SSSR count). The Morgan fingerprint density at radius 3 is 2.32 bits per heavy atom. The molecule has 0 saturated heterocycles. The number of rotatable bonds is 6. The number of ether oxygens (including phenoxy) is 1. The summed E-state index contributed by atoms with van der Waals surface area (Å²) < 4.78 is 6.17. The number of carbonyl (C=O) groups excluding carboxylic acids is 1. The van der Waals surface area contributed by atoms with Crippen molar-refractivity contribution in [2.45, 2.75) is 137 Å². The van der Waals surface area contributed by atoms with Gasteiger partial charge in [0.1, 0.15) is 12.2 Å². The van der Waals surface area contributed by atoms with Gasteiger partial charge in [-0.25, -0.2) is 0 Å². The van der Waals surface area contributed by atoms with E-state index < -0.39 is 17.8 Å². The van der Waals surface area contributed by atoms with Gasteiger partial charge in [-0.15, -0.1) is 0 Å². The number of carbonyl (C=O) groups is 1. The van der Waals surface area contributed by atoms with Crippen molar-refractivity contribution in [1.29, 1.82) is 0 Å². The fraction of sp³-hybridized carbons (Fsp3) is 0.906. The van der Waals surface area contributed by atoms with Crippen molar-refractivity contribution in [3.63, 3.8) is 0 Å². The van der Waals surface area contributed by atoms with Gasteiger partial charge in [-0.2, -0.15) is 0 Å². The largest absolute Gasteiger partial charge is 0.462 e. The number of aliphatic hydroxyl groups excluding tert-OH is 3. The van der Waals surface area contributed by atoms with E-state index in [4.69, 9.17) is 4.74 Å². The van der Waals surface area contributed by atoms with E-state index in [0.717, 1.165) is 38.5 Å². The molecule has 4 N–H and O–H groups in total. The van der Waals surface area contributed by atoms with E-state index in [-0.39, 0.29) is 57.6 Å². The zero-order chi connectivity index (χ0) is 28.6. The van der Waals surface area contributed by atoms with Crippen LogP contribution >= 0.6 is 0 Å². The summed E-state index contributed by atoms with van der Waals surface area (Å²) in [7, 11) is 0. The summed E-state index contributed by atoms with van der Waals surface area (Å²) in [5.74, 6) is 0.609. The van der Waals surface area contributed by atoms with Crippen LogP contribution in [-0.4, -0.2) is 56.4 Å². The molecular weight excluding hydrogens is 480 g/mol. The highest BCUT2D eigenvalue weighted by atomic mass is 16.5. The first-order chi connectivity index (χ1) is 17.3. The van der Waals surface area contributed by atoms with Gasteiger partial charge in [0.2, 0.25) is 0 Å². The van der Waals surface area contributed by atoms with Crippen molar-refractivity contribution >= 4 is 5.97 Å². The second-order valence-corrected chi connectivity index (χ2v) is 15.4. The molecule has 4 aliphatic carbocycles. The summed E-state index contributed by atoms with van der Waals surface area (Å²) in [4.78, 5) is 12.4. The Morgan fingerprint density at radius 2 is 1.74 bits per heavy atom. The SMILES string of the molecule is CC(=O)OC1CC2C(C)(CCC(O)C2(C)C)C2=CCC3(C)C(C(C)CC(O)C(O)C(C)(C)O)CCC3(C)C21. The van der Waals surface area contributed by atoms with Crippen molar-refractivity contribution in [2.75, 3.05) is 0 Å². The molecule has 4 aliphatic rings. The van der Waals surface area contributed by atoms with Gasteiger partial charge in [-0.05, 0) is 98.2 Å². The molecule has 0 aromatic rings. The maximum atomic E-state index is 12.4. The first-order valence-electron chi connectivity index (χ1n) is 14.9. The van der Waals surface area contributed by atoms with E-state index in [0.29, 0.717) is 12.3 Å². The molecule has 0 radical (unpaired) electrons. The maximum absolute atomic E-state index is 12.4. The van der Waals surface area contributed by atoms with Crippen LogP contribution < -0.4 is 0 Å². The second kappa shape index (κ2) is 9.56. The summed E-state index contributed by atoms with van der Waals surface area (Å²) >= 11 is 0. The van der Waals surface area contributed by atoms with E-state index in [9.17, 15) is 25.2 Å². The van der Waals surface area contributed by atoms with Gasteiger partial charge in [0.05, 0.1) is 17.8 Å². The Morgan fingerprint density at radius 1 is 1.11 bits per heavy atom. The maximum Gasteiger partial charge on any atom is 0.302 e. The quantitative estimate of drug-likeness (QED) is 0.282. The average molecular weight is 535 g/mol. The molecule has 0 amide bonds. The van der Waals surface area contributed by atoms with Crippen LogP contribution in [0.5, 0.6) is 0 Å². The Labute approximate surface area is 230 Å². The number of hydrogen-bond acceptors (Lipinski definition) is 6. The van der Waals surface area contributed by atoms with Gasteiger partial charge >= 0.3 is 5.97 Å². The van der Waals surface area contributed by atoms with Crippen LogP contribution in [0, 0.1) is 45.3 Å². The highest BCUT2D eigenvalue weighted by molar-refractivity contribution is 5.66. The fourth-order valence-corrected chi connectivity index (χ4v) is 10.1. The monoisotopic (exact) mass is 534 g/mol. The molecule has 0 spiro atoms. The van der Waals surface area contributed by atoms with Gasteiger partial charge in [-0.3, -0.25) is 4.79 Å². The van der Waals surface area contributed by atoms with Gasteiger partial charge < -0.3 is 25.2 Å². The molecule has 11 unspecified atom stereocenters. The zero-order valence-electron chi connectivity index (χ0n) is 25.3. The van der Waals surface area contributed by atoms with E-state index in [1.165, 1.54) is 26.3 Å². The number of esters is 1. The van der Waals surface area contributed by atoms with E-state index in [1.807, 2.05) is 0 Å². The normalized spacial score (nSPS) is 44.7. The van der Waals surface area contributed by atoms with Crippen LogP contribution in [0.4, 0.5) is 0 Å². The topological polar surface area (TPSA) is 107 Å². The first-order valence-corrected chi connectivity index (χ1v) is 14.9. The van der Waals surface area contributed by atoms with Gasteiger partial charge in [0.25, 0.3) is 0 Å². The van der Waals surface area contributed by atoms with E-state index >= 15 is 0 Å². The van der Waals surface area contributed by atoms with E-state index in [1.54, 1.807) is 0 Å². The summed E-state index contributed by atoms with van der Waals surface area (Å²) in [5, 5.41) is 42.5. The molecule has 6 heteroatoms. The van der Waals surface area contributed by atoms with E-state index in [2.05, 4.69) is 47.6 Å². The van der Waals surface area contributed by atoms with Crippen LogP contribution in [0.3, 0.4) is 0 Å². The lowest BCUT2D eigenvalue weighted by molar-refractivity contribution is -0.179. The summed E-state index contributed by atoms with van der Waals surface area (Å²) in [6.45, 7) is 18.3. The third kappa shape index (κ3) is 4.40. The molecule has 38 heavy (non-hydrogen) atoms. The summed E-state index contributed by atoms with van der Waals surface area (Å²) in [6.07, 6.45) is 5.62. The highest BCUT2D eigenvalue weighted by Crippen LogP contribution is 2.73. The van der Waals surface area contributed by atoms with Crippen molar-refractivity contribution in [2.24, 2.45) is 45.3 Å². The third-order valence-electron chi connectivity index (χ3n) is 12.5. The van der Waals surface area contributed by atoms with Gasteiger partial charge in [-0.1, -0.05) is 53.2 Å². The molecule has 3 fully saturated rings. The third-order valence-corrected chi connectivity index (χ3v) is 12.5. The molecule has 218 valence electrons. The summed E-state index contributed by atoms with van der Waals surface area (Å²) in [6, 6.07) is 0. The fourth-order valence-electron chi connectivity index (χ4n) is 10.1. The predicted octanol–water partition coefficient (Wildman–Crippen LogP) is 5.01. The zero-order valence-corrected chi connectivity index (χ0v) is 25.3. The highest BCUT2D eigenvalue weighted by Gasteiger charge is 2.68. The van der Waals surface area contributed by atoms with Crippen LogP contribution in [0.15, 0.2) is 11.6 Å². The Kier molecular flexibility index (Phi) is 7.56. The predicted molar refractivity (Wildman–Crippen MR) is 148 cm³/mol. The molecule has 0 heterocycles. The molecule has 0 aromatic carbocycles. The number of fused-ring (bicyclic) bond motifs is 5. The minimum Gasteiger partial charge on any atom is -0.462 e. The van der Waals surface area contributed by atoms with Crippen LogP contribution in [-0.2, 0) is 9.53 Å². The second-order valence-electron chi connectivity index (χ2n) is 15.4. The van der Waals surface area contributed by atoms with Crippen LogP contribution in [0.2, 0.25) is 0 Å². The van der Waals surface area contributed by atoms with Crippen molar-refractivity contribution in [3.05, 3.63) is 11.6 Å². The minimum atomic E-state index is -1.36. The summed E-state index contributed by atoms with van der Waals surface area (Å²) in [5.41, 5.74) is -0.350. The first kappa shape index (κ1) is 30.0. The molecule has 3 saturated carbocycles. The van der Waals surface area contributed by atoms with Crippen LogP contribution in [0.1, 0.15) is 107 Å². The van der Waals surface area contributed by atoms with Crippen molar-refractivity contribution in [3.8, 4) is 0 Å². The van der Waals surface area contributed by atoms with Crippen LogP contribution in [0.25, 0.3) is 0 Å². The number of allylic oxidation sites excluding steroid dienone is 1. The standard InChI is InChI=1S/C32H54O6/c1-18(16-22(34)27(36)29(5,6)37)20-10-15-32(9)26-21(11-14-31(20,32)8)30(7)13-12-25(35)28(3,4)24(30)17-23(26)38-19(2)33/h11,18,20,22-27,34-37H,10,12-17H2,1-9H3. The lowest BCUT2D eigenvalue weighted by Gasteiger charge is -2.65. The lowest BCUT2D eigenvalue weighted by Crippen LogP contribution is -2.62. The molecule has 11 atom stereocenters. The van der Waals surface area contributed by atoms with Crippen molar-refractivity contribution in [1.82, 2.24) is 0 Å². The Bertz CT molecular complexity index is 950.